The number of carbonyl (C=O) groups is 1. The molecular formula is C9H18O2. The third-order valence-electron chi connectivity index (χ3n) is 1.69. The van der Waals surface area contributed by atoms with Crippen molar-refractivity contribution in [2.45, 2.75) is 45.6 Å². The minimum Gasteiger partial charge on any atom is -0.374 e. The fourth-order valence-corrected chi connectivity index (χ4v) is 1.08. The minimum atomic E-state index is -0.153. The average Bonchev–Trinajstić information content (AvgIpc) is 2.00. The maximum absolute atomic E-state index is 11.2. The molecule has 0 heterocycles. The molecule has 0 amide bonds. The average molecular weight is 158 g/mol. The van der Waals surface area contributed by atoms with Gasteiger partial charge in [0.05, 0.1) is 0 Å². The Bertz CT molecular complexity index is 110. The maximum atomic E-state index is 11.2. The molecule has 0 aliphatic heterocycles. The number of ketones is 1. The van der Waals surface area contributed by atoms with Gasteiger partial charge in [-0.15, -0.1) is 0 Å². The molecule has 2 nitrogen and oxygen atoms in total. The van der Waals surface area contributed by atoms with Gasteiger partial charge in [-0.1, -0.05) is 20.3 Å². The van der Waals surface area contributed by atoms with Crippen LogP contribution in [0.3, 0.4) is 0 Å². The van der Waals surface area contributed by atoms with E-state index in [1.165, 1.54) is 0 Å². The summed E-state index contributed by atoms with van der Waals surface area (Å²) in [6.45, 7) is 4.07. The monoisotopic (exact) mass is 158 g/mol. The van der Waals surface area contributed by atoms with Crippen LogP contribution in [-0.2, 0) is 9.53 Å². The summed E-state index contributed by atoms with van der Waals surface area (Å²) in [6, 6.07) is 0. The Balaban J connectivity index is 3.71. The van der Waals surface area contributed by atoms with Crippen LogP contribution in [0.25, 0.3) is 0 Å². The zero-order valence-electron chi connectivity index (χ0n) is 7.72. The summed E-state index contributed by atoms with van der Waals surface area (Å²) in [6.07, 6.45) is 3.28. The molecule has 0 radical (unpaired) electrons. The quantitative estimate of drug-likeness (QED) is 0.592. The molecule has 66 valence electrons. The van der Waals surface area contributed by atoms with Crippen LogP contribution in [0.1, 0.15) is 39.5 Å². The highest BCUT2D eigenvalue weighted by molar-refractivity contribution is 5.82. The molecule has 0 saturated carbocycles. The van der Waals surface area contributed by atoms with E-state index in [-0.39, 0.29) is 11.9 Å². The molecule has 2 heteroatoms. The van der Waals surface area contributed by atoms with Crippen LogP contribution in [0.2, 0.25) is 0 Å². The van der Waals surface area contributed by atoms with Crippen LogP contribution in [0, 0.1) is 0 Å². The second-order valence-corrected chi connectivity index (χ2v) is 2.73. The molecule has 0 aliphatic carbocycles. The van der Waals surface area contributed by atoms with Gasteiger partial charge in [0.2, 0.25) is 0 Å². The van der Waals surface area contributed by atoms with E-state index in [1.54, 1.807) is 7.11 Å². The number of methoxy groups -OCH3 is 1. The van der Waals surface area contributed by atoms with Crippen molar-refractivity contribution in [2.75, 3.05) is 7.11 Å². The molecule has 0 N–H and O–H groups in total. The van der Waals surface area contributed by atoms with Crippen LogP contribution in [0.5, 0.6) is 0 Å². The van der Waals surface area contributed by atoms with E-state index < -0.39 is 0 Å². The van der Waals surface area contributed by atoms with Gasteiger partial charge in [-0.25, -0.2) is 0 Å². The first-order valence-corrected chi connectivity index (χ1v) is 4.31. The zero-order chi connectivity index (χ0) is 8.69. The van der Waals surface area contributed by atoms with Gasteiger partial charge in [0, 0.05) is 13.5 Å². The van der Waals surface area contributed by atoms with Crippen LogP contribution in [-0.4, -0.2) is 19.0 Å². The Morgan fingerprint density at radius 1 is 1.36 bits per heavy atom. The Hall–Kier alpha value is -0.370. The van der Waals surface area contributed by atoms with E-state index in [2.05, 4.69) is 6.92 Å². The Labute approximate surface area is 68.9 Å². The summed E-state index contributed by atoms with van der Waals surface area (Å²) in [7, 11) is 1.61. The first-order chi connectivity index (χ1) is 5.26. The van der Waals surface area contributed by atoms with E-state index in [0.29, 0.717) is 6.42 Å². The lowest BCUT2D eigenvalue weighted by atomic mass is 10.1. The molecule has 0 aliphatic rings. The third kappa shape index (κ3) is 4.14. The van der Waals surface area contributed by atoms with E-state index >= 15 is 0 Å². The fraction of sp³-hybridized carbons (Fsp3) is 0.889. The Kier molecular flexibility index (Phi) is 6.13. The standard InChI is InChI=1S/C9H18O2/c1-4-6-8(10)9(11-3)7-5-2/h9H,4-7H2,1-3H3. The van der Waals surface area contributed by atoms with E-state index in [4.69, 9.17) is 4.74 Å². The first-order valence-electron chi connectivity index (χ1n) is 4.31. The van der Waals surface area contributed by atoms with Gasteiger partial charge in [-0.05, 0) is 12.8 Å². The van der Waals surface area contributed by atoms with Crippen LogP contribution in [0.4, 0.5) is 0 Å². The normalized spacial score (nSPS) is 13.0. The topological polar surface area (TPSA) is 26.3 Å². The van der Waals surface area contributed by atoms with Gasteiger partial charge in [0.25, 0.3) is 0 Å². The van der Waals surface area contributed by atoms with Crippen molar-refractivity contribution in [3.63, 3.8) is 0 Å². The molecule has 1 atom stereocenters. The second-order valence-electron chi connectivity index (χ2n) is 2.73. The predicted octanol–water partition coefficient (Wildman–Crippen LogP) is 2.17. The minimum absolute atomic E-state index is 0.153. The maximum Gasteiger partial charge on any atom is 0.161 e. The van der Waals surface area contributed by atoms with E-state index in [1.807, 2.05) is 6.92 Å². The summed E-state index contributed by atoms with van der Waals surface area (Å²) in [5.74, 6) is 0.247. The van der Waals surface area contributed by atoms with Gasteiger partial charge < -0.3 is 4.74 Å². The SMILES string of the molecule is CCCC(=O)C(CCC)OC. The molecular weight excluding hydrogens is 140 g/mol. The molecule has 11 heavy (non-hydrogen) atoms. The Morgan fingerprint density at radius 2 is 2.00 bits per heavy atom. The van der Waals surface area contributed by atoms with Crippen LogP contribution >= 0.6 is 0 Å². The first kappa shape index (κ1) is 10.6. The summed E-state index contributed by atoms with van der Waals surface area (Å²) in [4.78, 5) is 11.2. The number of hydrogen-bond donors (Lipinski definition) is 0. The molecule has 0 spiro atoms. The van der Waals surface area contributed by atoms with Crippen molar-refractivity contribution in [2.24, 2.45) is 0 Å². The number of Topliss-reactive ketones (excluding diaryl/α,β-unsaturated/α-hetero) is 1. The molecule has 0 aromatic heterocycles. The molecule has 0 fully saturated rings. The number of ether oxygens (including phenoxy) is 1. The van der Waals surface area contributed by atoms with Crippen molar-refractivity contribution < 1.29 is 9.53 Å². The number of rotatable bonds is 6. The highest BCUT2D eigenvalue weighted by Gasteiger charge is 2.14. The third-order valence-corrected chi connectivity index (χ3v) is 1.69. The van der Waals surface area contributed by atoms with Crippen LogP contribution in [0.15, 0.2) is 0 Å². The molecule has 0 bridgehead atoms. The largest absolute Gasteiger partial charge is 0.374 e. The van der Waals surface area contributed by atoms with Crippen LogP contribution < -0.4 is 0 Å². The summed E-state index contributed by atoms with van der Waals surface area (Å²) < 4.78 is 5.06. The number of carbonyl (C=O) groups excluding carboxylic acids is 1. The molecule has 0 rings (SSSR count). The van der Waals surface area contributed by atoms with Crippen molar-refractivity contribution in [1.82, 2.24) is 0 Å². The smallest absolute Gasteiger partial charge is 0.161 e. The molecule has 1 unspecified atom stereocenters. The zero-order valence-corrected chi connectivity index (χ0v) is 7.72. The molecule has 0 aromatic rings. The van der Waals surface area contributed by atoms with E-state index in [9.17, 15) is 4.79 Å². The Morgan fingerprint density at radius 3 is 2.36 bits per heavy atom. The fourth-order valence-electron chi connectivity index (χ4n) is 1.08. The summed E-state index contributed by atoms with van der Waals surface area (Å²) in [5.41, 5.74) is 0. The highest BCUT2D eigenvalue weighted by atomic mass is 16.5. The van der Waals surface area contributed by atoms with Crippen molar-refractivity contribution in [3.05, 3.63) is 0 Å². The van der Waals surface area contributed by atoms with Gasteiger partial charge in [-0.2, -0.15) is 0 Å². The lowest BCUT2D eigenvalue weighted by molar-refractivity contribution is -0.129. The van der Waals surface area contributed by atoms with Gasteiger partial charge in [-0.3, -0.25) is 4.79 Å². The predicted molar refractivity (Wildman–Crippen MR) is 45.6 cm³/mol. The van der Waals surface area contributed by atoms with Gasteiger partial charge in [0.15, 0.2) is 5.78 Å². The summed E-state index contributed by atoms with van der Waals surface area (Å²) in [5, 5.41) is 0. The highest BCUT2D eigenvalue weighted by Crippen LogP contribution is 2.05. The second kappa shape index (κ2) is 6.35. The number of hydrogen-bond acceptors (Lipinski definition) is 2. The van der Waals surface area contributed by atoms with E-state index in [0.717, 1.165) is 19.3 Å². The van der Waals surface area contributed by atoms with Crippen molar-refractivity contribution in [1.29, 1.82) is 0 Å². The summed E-state index contributed by atoms with van der Waals surface area (Å²) >= 11 is 0. The molecule has 0 aromatic carbocycles. The lowest BCUT2D eigenvalue weighted by Crippen LogP contribution is -2.22. The lowest BCUT2D eigenvalue weighted by Gasteiger charge is -2.11. The van der Waals surface area contributed by atoms with Crippen molar-refractivity contribution in [3.8, 4) is 0 Å². The molecule has 0 saturated heterocycles. The van der Waals surface area contributed by atoms with Gasteiger partial charge >= 0.3 is 0 Å². The van der Waals surface area contributed by atoms with Gasteiger partial charge in [0.1, 0.15) is 6.10 Å². The van der Waals surface area contributed by atoms with Crippen molar-refractivity contribution >= 4 is 5.78 Å².